The molecule has 2 unspecified atom stereocenters. The Morgan fingerprint density at radius 1 is 1.19 bits per heavy atom. The molecular weight excluding hydrogens is 274 g/mol. The zero-order valence-corrected chi connectivity index (χ0v) is 14.0. The topological polar surface area (TPSA) is 12.0 Å². The molecule has 0 spiro atoms. The molecule has 1 aliphatic heterocycles. The van der Waals surface area contributed by atoms with E-state index in [4.69, 9.17) is 0 Å². The molecule has 0 saturated heterocycles. The molecule has 3 rings (SSSR count). The quantitative estimate of drug-likeness (QED) is 0.837. The lowest BCUT2D eigenvalue weighted by Gasteiger charge is -2.37. The first-order valence-corrected chi connectivity index (χ1v) is 9.12. The third kappa shape index (κ3) is 2.84. The van der Waals surface area contributed by atoms with Crippen molar-refractivity contribution < 1.29 is 0 Å². The first-order valence-electron chi connectivity index (χ1n) is 8.08. The Kier molecular flexibility index (Phi) is 4.56. The number of hydrogen-bond acceptors (Lipinski definition) is 2. The van der Waals surface area contributed by atoms with Gasteiger partial charge in [0.1, 0.15) is 0 Å². The standard InChI is InChI=1S/C19H25NS/c1-4-11-20-18-16-10-9-14-7-5-6-8-15(14)17(16)12-21-19(18)13(2)3/h5-10,13,18-20H,4,11-12H2,1-3H3. The van der Waals surface area contributed by atoms with Crippen molar-refractivity contribution in [2.75, 3.05) is 6.54 Å². The largest absolute Gasteiger partial charge is 0.309 e. The van der Waals surface area contributed by atoms with Gasteiger partial charge in [0.15, 0.2) is 0 Å². The first kappa shape index (κ1) is 14.9. The Balaban J connectivity index is 2.07. The highest BCUT2D eigenvalue weighted by atomic mass is 32.2. The second-order valence-electron chi connectivity index (χ2n) is 6.31. The summed E-state index contributed by atoms with van der Waals surface area (Å²) in [6, 6.07) is 13.9. The molecule has 2 heteroatoms. The van der Waals surface area contributed by atoms with Crippen LogP contribution in [0.1, 0.15) is 44.4 Å². The third-order valence-corrected chi connectivity index (χ3v) is 6.09. The van der Waals surface area contributed by atoms with E-state index in [1.807, 2.05) is 0 Å². The van der Waals surface area contributed by atoms with Gasteiger partial charge in [-0.1, -0.05) is 57.2 Å². The minimum absolute atomic E-state index is 0.489. The van der Waals surface area contributed by atoms with Crippen molar-refractivity contribution in [2.24, 2.45) is 5.92 Å². The predicted octanol–water partition coefficient (Wildman–Crippen LogP) is 5.15. The van der Waals surface area contributed by atoms with Gasteiger partial charge in [-0.05, 0) is 40.8 Å². The molecule has 21 heavy (non-hydrogen) atoms. The van der Waals surface area contributed by atoms with Crippen LogP contribution in [0.5, 0.6) is 0 Å². The average Bonchev–Trinajstić information content (AvgIpc) is 2.51. The molecule has 1 nitrogen and oxygen atoms in total. The summed E-state index contributed by atoms with van der Waals surface area (Å²) in [4.78, 5) is 0. The zero-order chi connectivity index (χ0) is 14.8. The lowest BCUT2D eigenvalue weighted by atomic mass is 9.89. The van der Waals surface area contributed by atoms with Crippen LogP contribution >= 0.6 is 11.8 Å². The van der Waals surface area contributed by atoms with Crippen LogP contribution in [-0.2, 0) is 5.75 Å². The molecule has 2 aromatic rings. The maximum absolute atomic E-state index is 3.80. The molecular formula is C19H25NS. The van der Waals surface area contributed by atoms with E-state index in [1.54, 1.807) is 5.56 Å². The zero-order valence-electron chi connectivity index (χ0n) is 13.2. The van der Waals surface area contributed by atoms with Gasteiger partial charge in [0.05, 0.1) is 0 Å². The van der Waals surface area contributed by atoms with Gasteiger partial charge in [-0.2, -0.15) is 11.8 Å². The normalized spacial score (nSPS) is 21.7. The van der Waals surface area contributed by atoms with Crippen LogP contribution in [0, 0.1) is 5.92 Å². The van der Waals surface area contributed by atoms with Crippen LogP contribution in [0.25, 0.3) is 10.8 Å². The summed E-state index contributed by atoms with van der Waals surface area (Å²) in [6.45, 7) is 8.05. The lowest BCUT2D eigenvalue weighted by molar-refractivity contribution is 0.439. The highest BCUT2D eigenvalue weighted by Gasteiger charge is 2.32. The van der Waals surface area contributed by atoms with Crippen molar-refractivity contribution in [1.29, 1.82) is 0 Å². The van der Waals surface area contributed by atoms with Crippen LogP contribution in [0.3, 0.4) is 0 Å². The number of hydrogen-bond donors (Lipinski definition) is 1. The van der Waals surface area contributed by atoms with Crippen molar-refractivity contribution >= 4 is 22.5 Å². The molecule has 2 aromatic carbocycles. The predicted molar refractivity (Wildman–Crippen MR) is 94.9 cm³/mol. The van der Waals surface area contributed by atoms with Gasteiger partial charge >= 0.3 is 0 Å². The Labute approximate surface area is 132 Å². The van der Waals surface area contributed by atoms with Crippen LogP contribution < -0.4 is 5.32 Å². The van der Waals surface area contributed by atoms with Crippen LogP contribution in [0.4, 0.5) is 0 Å². The van der Waals surface area contributed by atoms with Gasteiger partial charge in [0.2, 0.25) is 0 Å². The van der Waals surface area contributed by atoms with Crippen molar-refractivity contribution in [2.45, 2.75) is 44.2 Å². The summed E-state index contributed by atoms with van der Waals surface area (Å²) in [7, 11) is 0. The molecule has 0 radical (unpaired) electrons. The Morgan fingerprint density at radius 3 is 2.76 bits per heavy atom. The molecule has 0 fully saturated rings. The van der Waals surface area contributed by atoms with E-state index >= 15 is 0 Å². The molecule has 0 amide bonds. The molecule has 1 N–H and O–H groups in total. The minimum Gasteiger partial charge on any atom is -0.309 e. The van der Waals surface area contributed by atoms with Gasteiger partial charge in [-0.25, -0.2) is 0 Å². The highest BCUT2D eigenvalue weighted by molar-refractivity contribution is 7.99. The summed E-state index contributed by atoms with van der Waals surface area (Å²) in [6.07, 6.45) is 1.19. The minimum atomic E-state index is 0.489. The second-order valence-corrected chi connectivity index (χ2v) is 7.47. The highest BCUT2D eigenvalue weighted by Crippen LogP contribution is 2.43. The number of rotatable bonds is 4. The van der Waals surface area contributed by atoms with E-state index in [2.05, 4.69) is 74.2 Å². The fourth-order valence-corrected chi connectivity index (χ4v) is 4.86. The lowest BCUT2D eigenvalue weighted by Crippen LogP contribution is -2.36. The van der Waals surface area contributed by atoms with E-state index in [9.17, 15) is 0 Å². The molecule has 0 bridgehead atoms. The number of thioether (sulfide) groups is 1. The summed E-state index contributed by atoms with van der Waals surface area (Å²) in [5.41, 5.74) is 3.07. The number of benzene rings is 2. The smallest absolute Gasteiger partial charge is 0.0446 e. The maximum atomic E-state index is 3.80. The van der Waals surface area contributed by atoms with E-state index in [0.29, 0.717) is 17.2 Å². The maximum Gasteiger partial charge on any atom is 0.0446 e. The SMILES string of the molecule is CCCNC1c2ccc3ccccc3c2CSC1C(C)C. The summed E-state index contributed by atoms with van der Waals surface area (Å²) >= 11 is 2.12. The molecule has 0 saturated carbocycles. The van der Waals surface area contributed by atoms with E-state index in [1.165, 1.54) is 22.8 Å². The molecule has 2 atom stereocenters. The molecule has 112 valence electrons. The fraction of sp³-hybridized carbons (Fsp3) is 0.474. The summed E-state index contributed by atoms with van der Waals surface area (Å²) in [5.74, 6) is 1.84. The van der Waals surface area contributed by atoms with Gasteiger partial charge in [-0.15, -0.1) is 0 Å². The van der Waals surface area contributed by atoms with Crippen LogP contribution in [0.2, 0.25) is 0 Å². The number of nitrogens with one attached hydrogen (secondary N) is 1. The molecule has 1 aliphatic rings. The van der Waals surface area contributed by atoms with E-state index < -0.39 is 0 Å². The van der Waals surface area contributed by atoms with Crippen molar-refractivity contribution in [1.82, 2.24) is 5.32 Å². The van der Waals surface area contributed by atoms with Crippen LogP contribution in [-0.4, -0.2) is 11.8 Å². The third-order valence-electron chi connectivity index (χ3n) is 4.43. The second kappa shape index (κ2) is 6.41. The first-order chi connectivity index (χ1) is 10.2. The van der Waals surface area contributed by atoms with Gasteiger partial charge in [0.25, 0.3) is 0 Å². The molecule has 0 aliphatic carbocycles. The van der Waals surface area contributed by atoms with Crippen molar-refractivity contribution in [3.05, 3.63) is 47.5 Å². The summed E-state index contributed by atoms with van der Waals surface area (Å²) in [5, 5.41) is 7.28. The van der Waals surface area contributed by atoms with E-state index in [0.717, 1.165) is 12.3 Å². The summed E-state index contributed by atoms with van der Waals surface area (Å²) < 4.78 is 0. The molecule has 0 aromatic heterocycles. The Hall–Kier alpha value is -0.990. The fourth-order valence-electron chi connectivity index (χ4n) is 3.36. The molecule has 1 heterocycles. The monoisotopic (exact) mass is 299 g/mol. The van der Waals surface area contributed by atoms with Gasteiger partial charge in [-0.3, -0.25) is 0 Å². The Bertz CT molecular complexity index is 620. The van der Waals surface area contributed by atoms with E-state index in [-0.39, 0.29) is 0 Å². The average molecular weight is 299 g/mol. The van der Waals surface area contributed by atoms with Gasteiger partial charge < -0.3 is 5.32 Å². The van der Waals surface area contributed by atoms with Crippen LogP contribution in [0.15, 0.2) is 36.4 Å². The number of fused-ring (bicyclic) bond motifs is 3. The van der Waals surface area contributed by atoms with Crippen molar-refractivity contribution in [3.8, 4) is 0 Å². The Morgan fingerprint density at radius 2 is 2.00 bits per heavy atom. The van der Waals surface area contributed by atoms with Gasteiger partial charge in [0, 0.05) is 17.0 Å². The van der Waals surface area contributed by atoms with Crippen molar-refractivity contribution in [3.63, 3.8) is 0 Å².